The molecule has 1 heterocycles. The molecule has 0 saturated heterocycles. The summed E-state index contributed by atoms with van der Waals surface area (Å²) < 4.78 is 1.76. The molecule has 0 saturated carbocycles. The highest BCUT2D eigenvalue weighted by molar-refractivity contribution is 5.29. The van der Waals surface area contributed by atoms with Crippen LogP contribution in [0.3, 0.4) is 0 Å². The third-order valence-corrected chi connectivity index (χ3v) is 1.63. The second-order valence-electron chi connectivity index (χ2n) is 2.57. The lowest BCUT2D eigenvalue weighted by molar-refractivity contribution is 0.863. The van der Waals surface area contributed by atoms with Crippen molar-refractivity contribution in [2.45, 2.75) is 6.92 Å². The summed E-state index contributed by atoms with van der Waals surface area (Å²) in [5.41, 5.74) is 1.04. The zero-order valence-corrected chi connectivity index (χ0v) is 6.81. The number of nitrogens with zero attached hydrogens (tertiary/aromatic N) is 3. The average molecular weight is 159 g/mol. The first-order valence-electron chi connectivity index (χ1n) is 3.80. The normalized spacial score (nSPS) is 10.1. The molecule has 12 heavy (non-hydrogen) atoms. The monoisotopic (exact) mass is 159 g/mol. The number of rotatable bonds is 1. The fourth-order valence-corrected chi connectivity index (χ4v) is 1.05. The molecule has 0 amide bonds. The maximum atomic E-state index is 4.19. The second-order valence-corrected chi connectivity index (χ2v) is 2.57. The lowest BCUT2D eigenvalue weighted by Gasteiger charge is -1.96. The Morgan fingerprint density at radius 1 is 1.17 bits per heavy atom. The van der Waals surface area contributed by atoms with E-state index >= 15 is 0 Å². The van der Waals surface area contributed by atoms with Crippen molar-refractivity contribution in [3.63, 3.8) is 0 Å². The molecule has 2 rings (SSSR count). The van der Waals surface area contributed by atoms with Crippen LogP contribution in [0, 0.1) is 6.92 Å². The Bertz CT molecular complexity index is 364. The van der Waals surface area contributed by atoms with E-state index in [1.807, 2.05) is 37.3 Å². The summed E-state index contributed by atoms with van der Waals surface area (Å²) in [5, 5.41) is 4.19. The summed E-state index contributed by atoms with van der Waals surface area (Å²) in [7, 11) is 0. The van der Waals surface area contributed by atoms with Crippen LogP contribution < -0.4 is 0 Å². The number of hydrogen-bond acceptors (Lipinski definition) is 2. The van der Waals surface area contributed by atoms with E-state index in [-0.39, 0.29) is 0 Å². The second kappa shape index (κ2) is 2.77. The van der Waals surface area contributed by atoms with Crippen LogP contribution in [0.1, 0.15) is 5.82 Å². The quantitative estimate of drug-likeness (QED) is 0.632. The summed E-state index contributed by atoms with van der Waals surface area (Å²) in [6.45, 7) is 1.87. The van der Waals surface area contributed by atoms with Gasteiger partial charge in [-0.05, 0) is 19.1 Å². The van der Waals surface area contributed by atoms with E-state index in [0.717, 1.165) is 11.5 Å². The van der Waals surface area contributed by atoms with Gasteiger partial charge in [-0.1, -0.05) is 18.2 Å². The average Bonchev–Trinajstić information content (AvgIpc) is 2.54. The molecule has 0 aliphatic heterocycles. The van der Waals surface area contributed by atoms with E-state index in [1.165, 1.54) is 0 Å². The van der Waals surface area contributed by atoms with Gasteiger partial charge in [-0.25, -0.2) is 9.67 Å². The maximum Gasteiger partial charge on any atom is 0.147 e. The lowest BCUT2D eigenvalue weighted by atomic mass is 10.3. The summed E-state index contributed by atoms with van der Waals surface area (Å²) >= 11 is 0. The van der Waals surface area contributed by atoms with E-state index < -0.39 is 0 Å². The van der Waals surface area contributed by atoms with Crippen molar-refractivity contribution in [2.75, 3.05) is 0 Å². The van der Waals surface area contributed by atoms with Crippen LogP contribution >= 0.6 is 0 Å². The fourth-order valence-electron chi connectivity index (χ4n) is 1.05. The Morgan fingerprint density at radius 3 is 2.50 bits per heavy atom. The molecular formula is C9H9N3. The van der Waals surface area contributed by atoms with Gasteiger partial charge in [-0.2, -0.15) is 5.10 Å². The topological polar surface area (TPSA) is 30.7 Å². The van der Waals surface area contributed by atoms with Crippen molar-refractivity contribution in [1.82, 2.24) is 14.8 Å². The summed E-state index contributed by atoms with van der Waals surface area (Å²) in [4.78, 5) is 4.04. The Labute approximate surface area is 70.7 Å². The molecule has 0 bridgehead atoms. The minimum absolute atomic E-state index is 0.791. The molecule has 3 nitrogen and oxygen atoms in total. The zero-order valence-electron chi connectivity index (χ0n) is 6.81. The summed E-state index contributed by atoms with van der Waals surface area (Å²) in [5.74, 6) is 0.791. The van der Waals surface area contributed by atoms with Crippen LogP contribution in [-0.4, -0.2) is 14.8 Å². The van der Waals surface area contributed by atoms with Crippen LogP contribution in [0.15, 0.2) is 36.7 Å². The zero-order chi connectivity index (χ0) is 8.39. The summed E-state index contributed by atoms with van der Waals surface area (Å²) in [6, 6.07) is 9.92. The van der Waals surface area contributed by atoms with Crippen LogP contribution in [0.4, 0.5) is 0 Å². The van der Waals surface area contributed by atoms with Gasteiger partial charge in [0.25, 0.3) is 0 Å². The van der Waals surface area contributed by atoms with Gasteiger partial charge >= 0.3 is 0 Å². The van der Waals surface area contributed by atoms with Gasteiger partial charge in [0.15, 0.2) is 0 Å². The molecule has 0 aliphatic carbocycles. The molecule has 0 aliphatic rings. The van der Waals surface area contributed by atoms with Crippen molar-refractivity contribution in [2.24, 2.45) is 0 Å². The minimum atomic E-state index is 0.791. The lowest BCUT2D eigenvalue weighted by Crippen LogP contribution is -1.93. The van der Waals surface area contributed by atoms with Gasteiger partial charge in [0.05, 0.1) is 5.69 Å². The van der Waals surface area contributed by atoms with Crippen LogP contribution in [0.5, 0.6) is 0 Å². The van der Waals surface area contributed by atoms with Crippen molar-refractivity contribution < 1.29 is 0 Å². The molecule has 60 valence electrons. The highest BCUT2D eigenvalue weighted by Crippen LogP contribution is 2.03. The predicted molar refractivity (Wildman–Crippen MR) is 46.1 cm³/mol. The van der Waals surface area contributed by atoms with Crippen LogP contribution in [0.2, 0.25) is 0 Å². The van der Waals surface area contributed by atoms with E-state index in [0.29, 0.717) is 0 Å². The van der Waals surface area contributed by atoms with Crippen molar-refractivity contribution in [3.05, 3.63) is 42.5 Å². The highest BCUT2D eigenvalue weighted by atomic mass is 15.3. The van der Waals surface area contributed by atoms with Crippen molar-refractivity contribution in [1.29, 1.82) is 0 Å². The first-order valence-corrected chi connectivity index (χ1v) is 3.80. The Morgan fingerprint density at radius 2 is 1.92 bits per heavy atom. The number of benzene rings is 1. The number of aromatic nitrogens is 3. The molecular weight excluding hydrogens is 150 g/mol. The molecule has 3 heteroatoms. The maximum absolute atomic E-state index is 4.19. The molecule has 0 atom stereocenters. The molecule has 2 aromatic rings. The standard InChI is InChI=1S/C9H9N3/c1-8-10-7-12(11-8)9-5-3-2-4-6-9/h2-7H,1H3. The van der Waals surface area contributed by atoms with Gasteiger partial charge < -0.3 is 0 Å². The van der Waals surface area contributed by atoms with Crippen LogP contribution in [0.25, 0.3) is 5.69 Å². The van der Waals surface area contributed by atoms with Gasteiger partial charge in [0.2, 0.25) is 0 Å². The van der Waals surface area contributed by atoms with E-state index in [1.54, 1.807) is 11.0 Å². The Balaban J connectivity index is 2.45. The smallest absolute Gasteiger partial charge is 0.147 e. The molecule has 0 fully saturated rings. The third kappa shape index (κ3) is 1.21. The first kappa shape index (κ1) is 7.03. The first-order chi connectivity index (χ1) is 5.86. The fraction of sp³-hybridized carbons (Fsp3) is 0.111. The number of hydrogen-bond donors (Lipinski definition) is 0. The molecule has 0 radical (unpaired) electrons. The SMILES string of the molecule is Cc1ncn(-c2ccccc2)n1. The van der Waals surface area contributed by atoms with Gasteiger partial charge in [-0.3, -0.25) is 0 Å². The Hall–Kier alpha value is -1.64. The molecule has 0 spiro atoms. The van der Waals surface area contributed by atoms with Crippen LogP contribution in [-0.2, 0) is 0 Å². The highest BCUT2D eigenvalue weighted by Gasteiger charge is 1.95. The number of aryl methyl sites for hydroxylation is 1. The largest absolute Gasteiger partial charge is 0.221 e. The van der Waals surface area contributed by atoms with Crippen molar-refractivity contribution >= 4 is 0 Å². The minimum Gasteiger partial charge on any atom is -0.221 e. The van der Waals surface area contributed by atoms with Gasteiger partial charge in [-0.15, -0.1) is 0 Å². The number of para-hydroxylation sites is 1. The van der Waals surface area contributed by atoms with Gasteiger partial charge in [0.1, 0.15) is 12.2 Å². The van der Waals surface area contributed by atoms with Crippen molar-refractivity contribution in [3.8, 4) is 5.69 Å². The predicted octanol–water partition coefficient (Wildman–Crippen LogP) is 1.58. The Kier molecular flexibility index (Phi) is 1.63. The van der Waals surface area contributed by atoms with E-state index in [2.05, 4.69) is 10.1 Å². The van der Waals surface area contributed by atoms with E-state index in [4.69, 9.17) is 0 Å². The molecule has 1 aromatic heterocycles. The van der Waals surface area contributed by atoms with E-state index in [9.17, 15) is 0 Å². The third-order valence-electron chi connectivity index (χ3n) is 1.63. The van der Waals surface area contributed by atoms with Gasteiger partial charge in [0, 0.05) is 0 Å². The summed E-state index contributed by atoms with van der Waals surface area (Å²) in [6.07, 6.45) is 1.71. The molecule has 0 unspecified atom stereocenters. The molecule has 0 N–H and O–H groups in total. The molecule has 1 aromatic carbocycles.